The monoisotopic (exact) mass is 663 g/mol. The molecule has 0 unspecified atom stereocenters. The Kier molecular flexibility index (Phi) is 11.2. The standard InChI is InChI=1S/C30H34ClN3O4.HI/c1-34(2)16-14-24(15-17-34)38-30(37)33-28-19-21(8-11-25(28)23-6-4-3-5-7-23)10-13-29(36)32-27-12-9-22(20-35)18-26(27)31;/h3-9,11-12,18-19,24H,10,13-17,20H2,1-2H3,(H,32,36)(H,33,37);1H. The molecule has 4 rings (SSSR count). The molecule has 2 amide bonds. The molecule has 1 aliphatic heterocycles. The zero-order valence-corrected chi connectivity index (χ0v) is 25.3. The average molecular weight is 664 g/mol. The van der Waals surface area contributed by atoms with Gasteiger partial charge in [0.1, 0.15) is 6.10 Å². The summed E-state index contributed by atoms with van der Waals surface area (Å²) in [7, 11) is 4.38. The van der Waals surface area contributed by atoms with Crippen LogP contribution in [0.25, 0.3) is 11.1 Å². The number of rotatable bonds is 8. The topological polar surface area (TPSA) is 90.5 Å². The van der Waals surface area contributed by atoms with E-state index >= 15 is 0 Å². The fraction of sp³-hybridized carbons (Fsp3) is 0.333. The van der Waals surface area contributed by atoms with Crippen molar-refractivity contribution in [1.29, 1.82) is 0 Å². The molecule has 7 nitrogen and oxygen atoms in total. The Morgan fingerprint density at radius 3 is 2.31 bits per heavy atom. The molecule has 1 aliphatic rings. The number of benzene rings is 3. The van der Waals surface area contributed by atoms with Crippen LogP contribution in [0.2, 0.25) is 5.02 Å². The van der Waals surface area contributed by atoms with E-state index in [0.717, 1.165) is 47.1 Å². The Hall–Kier alpha value is -2.66. The number of nitrogens with one attached hydrogen (secondary N) is 2. The van der Waals surface area contributed by atoms with Crippen LogP contribution in [0.4, 0.5) is 16.2 Å². The smallest absolute Gasteiger partial charge is 0.411 e. The lowest BCUT2D eigenvalue weighted by Crippen LogP contribution is -2.48. The van der Waals surface area contributed by atoms with Gasteiger partial charge in [-0.25, -0.2) is 4.79 Å². The van der Waals surface area contributed by atoms with Gasteiger partial charge in [0.15, 0.2) is 0 Å². The number of aryl methyl sites for hydroxylation is 1. The van der Waals surface area contributed by atoms with Gasteiger partial charge in [-0.2, -0.15) is 0 Å². The van der Waals surface area contributed by atoms with Gasteiger partial charge in [0.25, 0.3) is 0 Å². The van der Waals surface area contributed by atoms with Crippen molar-refractivity contribution in [1.82, 2.24) is 0 Å². The summed E-state index contributed by atoms with van der Waals surface area (Å²) in [4.78, 5) is 25.4. The van der Waals surface area contributed by atoms with Crippen LogP contribution >= 0.6 is 35.6 Å². The minimum atomic E-state index is -0.467. The second-order valence-corrected chi connectivity index (χ2v) is 10.8. The van der Waals surface area contributed by atoms with Crippen molar-refractivity contribution in [3.63, 3.8) is 0 Å². The van der Waals surface area contributed by atoms with Crippen molar-refractivity contribution < 1.29 is 23.9 Å². The maximum atomic E-state index is 12.8. The van der Waals surface area contributed by atoms with Crippen LogP contribution in [-0.4, -0.2) is 49.8 Å². The largest absolute Gasteiger partial charge is 0.851 e. The van der Waals surface area contributed by atoms with Crippen LogP contribution in [0.3, 0.4) is 0 Å². The minimum absolute atomic E-state index is 0. The van der Waals surface area contributed by atoms with E-state index < -0.39 is 6.09 Å². The molecule has 1 heterocycles. The number of hydrogen-bond donors (Lipinski definition) is 2. The van der Waals surface area contributed by atoms with Crippen LogP contribution in [0.5, 0.6) is 0 Å². The lowest BCUT2D eigenvalue weighted by atomic mass is 9.99. The summed E-state index contributed by atoms with van der Waals surface area (Å²) in [5.41, 5.74) is 4.43. The van der Waals surface area contributed by atoms with E-state index in [0.29, 0.717) is 28.4 Å². The molecule has 2 N–H and O–H groups in total. The highest BCUT2D eigenvalue weighted by molar-refractivity contribution is 14.0. The van der Waals surface area contributed by atoms with Gasteiger partial charge in [-0.3, -0.25) is 10.1 Å². The van der Waals surface area contributed by atoms with Crippen molar-refractivity contribution in [2.24, 2.45) is 0 Å². The SMILES string of the molecule is C[N+]1(C)CCC(OC(=O)Nc2cc(CCC(=O)Nc3ccc(C[O-])cc3Cl)ccc2-c2ccccc2)CC1.I. The van der Waals surface area contributed by atoms with Gasteiger partial charge in [0, 0.05) is 24.8 Å². The molecule has 0 aromatic heterocycles. The van der Waals surface area contributed by atoms with E-state index in [-0.39, 0.29) is 49.0 Å². The third-order valence-corrected chi connectivity index (χ3v) is 7.22. The molecular weight excluding hydrogens is 629 g/mol. The number of amides is 2. The van der Waals surface area contributed by atoms with Gasteiger partial charge in [-0.05, 0) is 35.7 Å². The fourth-order valence-corrected chi connectivity index (χ4v) is 4.84. The molecule has 0 spiro atoms. The highest BCUT2D eigenvalue weighted by Gasteiger charge is 2.28. The number of anilines is 2. The van der Waals surface area contributed by atoms with Crippen LogP contribution in [-0.2, 0) is 22.6 Å². The first kappa shape index (κ1) is 30.9. The van der Waals surface area contributed by atoms with Crippen molar-refractivity contribution in [3.05, 3.63) is 82.9 Å². The second kappa shape index (κ2) is 14.1. The molecule has 0 radical (unpaired) electrons. The lowest BCUT2D eigenvalue weighted by molar-refractivity contribution is -0.896. The summed E-state index contributed by atoms with van der Waals surface area (Å²) in [6.07, 6.45) is 1.81. The number of carbonyl (C=O) groups is 2. The number of hydrogen-bond acceptors (Lipinski definition) is 4. The molecule has 1 saturated heterocycles. The summed E-state index contributed by atoms with van der Waals surface area (Å²) in [6.45, 7) is 1.58. The molecule has 0 bridgehead atoms. The van der Waals surface area contributed by atoms with Crippen LogP contribution in [0.15, 0.2) is 66.7 Å². The molecule has 0 saturated carbocycles. The van der Waals surface area contributed by atoms with Gasteiger partial charge in [-0.15, -0.1) is 30.6 Å². The van der Waals surface area contributed by atoms with E-state index in [1.54, 1.807) is 18.2 Å². The number of nitrogens with zero attached hydrogens (tertiary/aromatic N) is 1. The summed E-state index contributed by atoms with van der Waals surface area (Å²) in [5, 5.41) is 17.1. The normalized spacial score (nSPS) is 14.7. The Labute approximate surface area is 252 Å². The fourth-order valence-electron chi connectivity index (χ4n) is 4.59. The van der Waals surface area contributed by atoms with Gasteiger partial charge in [0.2, 0.25) is 5.91 Å². The molecule has 3 aromatic rings. The zero-order valence-electron chi connectivity index (χ0n) is 22.2. The Bertz CT molecular complexity index is 1280. The Balaban J connectivity index is 0.00000420. The number of likely N-dealkylation sites (tertiary alicyclic amines) is 1. The minimum Gasteiger partial charge on any atom is -0.851 e. The van der Waals surface area contributed by atoms with E-state index in [9.17, 15) is 14.7 Å². The first-order chi connectivity index (χ1) is 18.2. The average Bonchev–Trinajstić information content (AvgIpc) is 2.90. The zero-order chi connectivity index (χ0) is 27.1. The van der Waals surface area contributed by atoms with Crippen molar-refractivity contribution in [2.45, 2.75) is 38.4 Å². The molecule has 208 valence electrons. The van der Waals surface area contributed by atoms with Gasteiger partial charge in [0.05, 0.1) is 43.6 Å². The number of carbonyl (C=O) groups excluding carboxylic acids is 2. The van der Waals surface area contributed by atoms with Crippen LogP contribution in [0.1, 0.15) is 30.4 Å². The Morgan fingerprint density at radius 1 is 0.949 bits per heavy atom. The second-order valence-electron chi connectivity index (χ2n) is 10.4. The molecule has 0 atom stereocenters. The van der Waals surface area contributed by atoms with Crippen LogP contribution in [0, 0.1) is 0 Å². The number of quaternary nitrogens is 1. The third kappa shape index (κ3) is 8.93. The maximum Gasteiger partial charge on any atom is 0.411 e. The summed E-state index contributed by atoms with van der Waals surface area (Å²) < 4.78 is 6.69. The lowest BCUT2D eigenvalue weighted by Gasteiger charge is -2.36. The first-order valence-corrected chi connectivity index (χ1v) is 13.2. The van der Waals surface area contributed by atoms with Crippen molar-refractivity contribution >= 4 is 59.0 Å². The van der Waals surface area contributed by atoms with E-state index in [1.165, 1.54) is 0 Å². The van der Waals surface area contributed by atoms with Gasteiger partial charge >= 0.3 is 6.09 Å². The van der Waals surface area contributed by atoms with Crippen molar-refractivity contribution in [2.75, 3.05) is 37.8 Å². The quantitative estimate of drug-likeness (QED) is 0.234. The summed E-state index contributed by atoms with van der Waals surface area (Å²) >= 11 is 6.19. The first-order valence-electron chi connectivity index (χ1n) is 12.9. The molecule has 0 aliphatic carbocycles. The maximum absolute atomic E-state index is 12.8. The third-order valence-electron chi connectivity index (χ3n) is 6.91. The molecule has 39 heavy (non-hydrogen) atoms. The summed E-state index contributed by atoms with van der Waals surface area (Å²) in [6, 6.07) is 20.5. The molecule has 1 fully saturated rings. The number of halogens is 2. The molecular formula is C30H35ClIN3O4. The predicted molar refractivity (Wildman–Crippen MR) is 164 cm³/mol. The Morgan fingerprint density at radius 2 is 1.64 bits per heavy atom. The van der Waals surface area contributed by atoms with Crippen molar-refractivity contribution in [3.8, 4) is 11.1 Å². The van der Waals surface area contributed by atoms with Gasteiger partial charge < -0.3 is 19.6 Å². The highest BCUT2D eigenvalue weighted by Crippen LogP contribution is 2.30. The highest BCUT2D eigenvalue weighted by atomic mass is 127. The predicted octanol–water partition coefficient (Wildman–Crippen LogP) is 5.84. The number of piperidine rings is 1. The van der Waals surface area contributed by atoms with Crippen LogP contribution < -0.4 is 15.7 Å². The van der Waals surface area contributed by atoms with E-state index in [4.69, 9.17) is 16.3 Å². The summed E-state index contributed by atoms with van der Waals surface area (Å²) in [5.74, 6) is -0.193. The number of ether oxygens (including phenoxy) is 1. The van der Waals surface area contributed by atoms with E-state index in [2.05, 4.69) is 24.7 Å². The van der Waals surface area contributed by atoms with Gasteiger partial charge in [-0.1, -0.05) is 65.7 Å². The molecule has 9 heteroatoms. The van der Waals surface area contributed by atoms with E-state index in [1.807, 2.05) is 48.5 Å². The molecule has 3 aromatic carbocycles.